The summed E-state index contributed by atoms with van der Waals surface area (Å²) in [5.74, 6) is 1.33. The van der Waals surface area contributed by atoms with Crippen molar-refractivity contribution in [2.75, 3.05) is 13.2 Å². The van der Waals surface area contributed by atoms with E-state index in [1.807, 2.05) is 24.3 Å². The fraction of sp³-hybridized carbons (Fsp3) is 0.364. The topological polar surface area (TPSA) is 52.6 Å². The van der Waals surface area contributed by atoms with Crippen molar-refractivity contribution in [3.63, 3.8) is 0 Å². The molecule has 0 spiro atoms. The van der Waals surface area contributed by atoms with Crippen LogP contribution in [0.15, 0.2) is 48.5 Å². The van der Waals surface area contributed by atoms with E-state index < -0.39 is 0 Å². The first-order chi connectivity index (χ1) is 12.7. The summed E-state index contributed by atoms with van der Waals surface area (Å²) in [6.45, 7) is 1.28. The van der Waals surface area contributed by atoms with Crippen LogP contribution in [0.5, 0.6) is 11.5 Å². The molecule has 136 valence electrons. The van der Waals surface area contributed by atoms with E-state index in [1.165, 1.54) is 0 Å². The van der Waals surface area contributed by atoms with E-state index >= 15 is 0 Å². The molecule has 2 aromatic rings. The lowest BCUT2D eigenvalue weighted by Gasteiger charge is -2.10. The molecule has 4 nitrogen and oxygen atoms in total. The second-order valence-corrected chi connectivity index (χ2v) is 6.51. The first-order valence-corrected chi connectivity index (χ1v) is 9.24. The number of rotatable bonds is 0. The summed E-state index contributed by atoms with van der Waals surface area (Å²) in [6.07, 6.45) is 4.46. The van der Waals surface area contributed by atoms with Crippen molar-refractivity contribution in [2.24, 2.45) is 0 Å². The third kappa shape index (κ3) is 5.19. The van der Waals surface area contributed by atoms with E-state index in [2.05, 4.69) is 0 Å². The summed E-state index contributed by atoms with van der Waals surface area (Å²) < 4.78 is 11.5. The molecular formula is C22H24O4. The smallest absolute Gasteiger partial charge is 0.163 e. The van der Waals surface area contributed by atoms with Gasteiger partial charge in [0.15, 0.2) is 11.6 Å². The Hall–Kier alpha value is -2.62. The summed E-state index contributed by atoms with van der Waals surface area (Å²) in [5.41, 5.74) is 1.18. The minimum Gasteiger partial charge on any atom is -0.494 e. The molecule has 0 saturated carbocycles. The minimum atomic E-state index is -0.0441. The van der Waals surface area contributed by atoms with E-state index in [9.17, 15) is 9.59 Å². The molecule has 4 heteroatoms. The summed E-state index contributed by atoms with van der Waals surface area (Å²) in [4.78, 5) is 24.8. The second-order valence-electron chi connectivity index (χ2n) is 6.51. The van der Waals surface area contributed by atoms with Gasteiger partial charge in [-0.2, -0.15) is 0 Å². The van der Waals surface area contributed by atoms with Gasteiger partial charge in [-0.1, -0.05) is 24.3 Å². The van der Waals surface area contributed by atoms with E-state index in [4.69, 9.17) is 9.47 Å². The maximum Gasteiger partial charge on any atom is 0.163 e. The molecule has 0 fully saturated rings. The van der Waals surface area contributed by atoms with Crippen LogP contribution in [0.1, 0.15) is 59.2 Å². The van der Waals surface area contributed by atoms with E-state index in [-0.39, 0.29) is 24.4 Å². The third-order valence-electron chi connectivity index (χ3n) is 4.47. The Kier molecular flexibility index (Phi) is 6.42. The van der Waals surface area contributed by atoms with Crippen molar-refractivity contribution < 1.29 is 19.1 Å². The van der Waals surface area contributed by atoms with Crippen LogP contribution < -0.4 is 9.47 Å². The van der Waals surface area contributed by atoms with Crippen LogP contribution in [0.2, 0.25) is 0 Å². The minimum absolute atomic E-state index is 0.0441. The molecule has 0 aromatic heterocycles. The van der Waals surface area contributed by atoms with Crippen LogP contribution in [-0.4, -0.2) is 24.8 Å². The van der Waals surface area contributed by atoms with Crippen LogP contribution >= 0.6 is 0 Å². The zero-order valence-electron chi connectivity index (χ0n) is 14.9. The lowest BCUT2D eigenvalue weighted by Crippen LogP contribution is -2.07. The van der Waals surface area contributed by atoms with Crippen LogP contribution in [-0.2, 0) is 0 Å². The number of carbonyl (C=O) groups is 2. The van der Waals surface area contributed by atoms with Gasteiger partial charge in [0.25, 0.3) is 0 Å². The van der Waals surface area contributed by atoms with E-state index in [0.29, 0.717) is 35.8 Å². The van der Waals surface area contributed by atoms with Crippen molar-refractivity contribution in [3.05, 3.63) is 59.7 Å². The van der Waals surface area contributed by atoms with Crippen molar-refractivity contribution in [1.29, 1.82) is 0 Å². The Morgan fingerprint density at radius 1 is 0.615 bits per heavy atom. The van der Waals surface area contributed by atoms with Gasteiger partial charge in [0.05, 0.1) is 13.2 Å². The molecule has 0 unspecified atom stereocenters. The maximum atomic E-state index is 12.4. The number of benzene rings is 2. The molecule has 0 atom stereocenters. The Morgan fingerprint density at radius 2 is 1.08 bits per heavy atom. The summed E-state index contributed by atoms with van der Waals surface area (Å²) in [5, 5.41) is 0. The quantitative estimate of drug-likeness (QED) is 0.679. The van der Waals surface area contributed by atoms with Crippen molar-refractivity contribution in [2.45, 2.75) is 38.5 Å². The molecule has 1 aliphatic heterocycles. The predicted molar refractivity (Wildman–Crippen MR) is 100 cm³/mol. The average Bonchev–Trinajstić information content (AvgIpc) is 2.67. The van der Waals surface area contributed by atoms with Crippen LogP contribution in [0, 0.1) is 0 Å². The highest BCUT2D eigenvalue weighted by Crippen LogP contribution is 2.19. The number of ether oxygens (including phenoxy) is 2. The average molecular weight is 352 g/mol. The molecule has 2 aromatic carbocycles. The Morgan fingerprint density at radius 3 is 1.54 bits per heavy atom. The molecule has 4 bridgehead atoms. The fourth-order valence-electron chi connectivity index (χ4n) is 2.97. The van der Waals surface area contributed by atoms with E-state index in [1.54, 1.807) is 24.3 Å². The molecular weight excluding hydrogens is 328 g/mol. The monoisotopic (exact) mass is 352 g/mol. The first-order valence-electron chi connectivity index (χ1n) is 9.24. The SMILES string of the molecule is O=C1CCC(=O)c2cccc(c2)OCCCCCCOc2cccc1c2. The molecule has 1 heterocycles. The molecule has 26 heavy (non-hydrogen) atoms. The molecule has 0 radical (unpaired) electrons. The van der Waals surface area contributed by atoms with Gasteiger partial charge in [-0.15, -0.1) is 0 Å². The van der Waals surface area contributed by atoms with Crippen LogP contribution in [0.3, 0.4) is 0 Å². The van der Waals surface area contributed by atoms with Crippen LogP contribution in [0.4, 0.5) is 0 Å². The summed E-state index contributed by atoms with van der Waals surface area (Å²) in [7, 11) is 0. The molecule has 0 saturated heterocycles. The molecule has 0 N–H and O–H groups in total. The van der Waals surface area contributed by atoms with Gasteiger partial charge >= 0.3 is 0 Å². The summed E-state index contributed by atoms with van der Waals surface area (Å²) in [6, 6.07) is 14.4. The molecule has 0 amide bonds. The third-order valence-corrected chi connectivity index (χ3v) is 4.47. The van der Waals surface area contributed by atoms with Crippen molar-refractivity contribution in [1.82, 2.24) is 0 Å². The second kappa shape index (κ2) is 9.18. The lowest BCUT2D eigenvalue weighted by atomic mass is 10.0. The highest BCUT2D eigenvalue weighted by atomic mass is 16.5. The molecule has 1 aliphatic rings. The molecule has 3 rings (SSSR count). The first kappa shape index (κ1) is 18.2. The largest absolute Gasteiger partial charge is 0.494 e. The molecule has 0 aliphatic carbocycles. The number of ketones is 2. The van der Waals surface area contributed by atoms with Crippen molar-refractivity contribution >= 4 is 11.6 Å². The number of carbonyl (C=O) groups excluding carboxylic acids is 2. The fourth-order valence-corrected chi connectivity index (χ4v) is 2.97. The predicted octanol–water partition coefficient (Wildman–Crippen LogP) is 4.86. The number of fused-ring (bicyclic) bond motifs is 4. The van der Waals surface area contributed by atoms with Gasteiger partial charge in [0.1, 0.15) is 11.5 Å². The number of Topliss-reactive ketones (excluding diaryl/α,β-unsaturated/α-hetero) is 2. The summed E-state index contributed by atoms with van der Waals surface area (Å²) >= 11 is 0. The number of hydrogen-bond acceptors (Lipinski definition) is 4. The van der Waals surface area contributed by atoms with Gasteiger partial charge in [-0.3, -0.25) is 9.59 Å². The number of hydrogen-bond donors (Lipinski definition) is 0. The standard InChI is InChI=1S/C22H24O4/c23-21-11-12-22(24)18-8-6-10-20(16-18)26-14-4-2-1-3-13-25-19-9-5-7-17(21)15-19/h5-10,15-16H,1-4,11-14H2. The van der Waals surface area contributed by atoms with Crippen molar-refractivity contribution in [3.8, 4) is 11.5 Å². The maximum absolute atomic E-state index is 12.4. The van der Waals surface area contributed by atoms with Gasteiger partial charge in [-0.05, 0) is 49.9 Å². The highest BCUT2D eigenvalue weighted by molar-refractivity contribution is 6.02. The zero-order chi connectivity index (χ0) is 18.2. The van der Waals surface area contributed by atoms with Gasteiger partial charge in [-0.25, -0.2) is 0 Å². The van der Waals surface area contributed by atoms with Gasteiger partial charge < -0.3 is 9.47 Å². The Balaban J connectivity index is 1.74. The zero-order valence-corrected chi connectivity index (χ0v) is 14.9. The van der Waals surface area contributed by atoms with Gasteiger partial charge in [0, 0.05) is 24.0 Å². The Labute approximate surface area is 154 Å². The highest BCUT2D eigenvalue weighted by Gasteiger charge is 2.13. The normalized spacial score (nSPS) is 16.8. The Bertz CT molecular complexity index is 701. The van der Waals surface area contributed by atoms with E-state index in [0.717, 1.165) is 25.7 Å². The lowest BCUT2D eigenvalue weighted by molar-refractivity contribution is 0.0917. The van der Waals surface area contributed by atoms with Crippen LogP contribution in [0.25, 0.3) is 0 Å². The van der Waals surface area contributed by atoms with Gasteiger partial charge in [0.2, 0.25) is 0 Å².